The van der Waals surface area contributed by atoms with Crippen LogP contribution in [0.3, 0.4) is 0 Å². The number of benzene rings is 12. The van der Waals surface area contributed by atoms with E-state index >= 15 is 0 Å². The van der Waals surface area contributed by atoms with Gasteiger partial charge in [-0.05, 0) is 144 Å². The summed E-state index contributed by atoms with van der Waals surface area (Å²) in [4.78, 5) is 21.5. The van der Waals surface area contributed by atoms with Gasteiger partial charge in [-0.15, -0.1) is 11.3 Å². The van der Waals surface area contributed by atoms with Gasteiger partial charge in [-0.1, -0.05) is 164 Å². The third kappa shape index (κ3) is 7.79. The lowest BCUT2D eigenvalue weighted by Gasteiger charge is -2.11. The molecule has 0 bridgehead atoms. The molecule has 0 fully saturated rings. The topological polar surface area (TPSA) is 79.5 Å². The van der Waals surface area contributed by atoms with E-state index in [1.165, 1.54) is 53.1 Å². The minimum Gasteiger partial charge on any atom is -0.456 e. The van der Waals surface area contributed by atoms with Crippen LogP contribution in [0.1, 0.15) is 0 Å². The third-order valence-electron chi connectivity index (χ3n) is 17.9. The summed E-state index contributed by atoms with van der Waals surface area (Å²) >= 11 is 1.84. The molecular formula is C80H47N7OS. The molecule has 0 saturated heterocycles. The Morgan fingerprint density at radius 3 is 1.39 bits per heavy atom. The zero-order valence-corrected chi connectivity index (χ0v) is 48.4. The molecule has 0 aliphatic carbocycles. The lowest BCUT2D eigenvalue weighted by molar-refractivity contribution is 0.669. The molecule has 0 aliphatic heterocycles. The Kier molecular flexibility index (Phi) is 10.8. The van der Waals surface area contributed by atoms with Gasteiger partial charge >= 0.3 is 0 Å². The van der Waals surface area contributed by atoms with Crippen molar-refractivity contribution >= 4 is 119 Å². The molecule has 89 heavy (non-hydrogen) atoms. The SMILES string of the molecule is c1ccc(-c2ccc3oc4ccc(-c5nc(-c6ccccc6)nc(-n6c7ccccc7c7cc8c(cc76)c6ccccc6n8-c6cccc(-c7ccc8sc9ccc(-c%10ccc%11c(c%10)c%10ccccc%10n%11-c%10ccccc%10)cc9c8c7)n6)n5)cc4c3c2)cc1. The largest absolute Gasteiger partial charge is 0.456 e. The third-order valence-corrected chi connectivity index (χ3v) is 19.1. The van der Waals surface area contributed by atoms with Gasteiger partial charge in [0, 0.05) is 85.6 Å². The Balaban J connectivity index is 0.734. The first-order chi connectivity index (χ1) is 44.1. The van der Waals surface area contributed by atoms with Crippen LogP contribution in [0.15, 0.2) is 290 Å². The number of furan rings is 1. The van der Waals surface area contributed by atoms with Gasteiger partial charge in [0.05, 0.1) is 38.8 Å². The predicted molar refractivity (Wildman–Crippen MR) is 368 cm³/mol. The van der Waals surface area contributed by atoms with Gasteiger partial charge in [0.15, 0.2) is 11.6 Å². The van der Waals surface area contributed by atoms with Gasteiger partial charge in [0.25, 0.3) is 0 Å². The van der Waals surface area contributed by atoms with Gasteiger partial charge in [-0.2, -0.15) is 9.97 Å². The van der Waals surface area contributed by atoms with Crippen molar-refractivity contribution in [1.82, 2.24) is 33.6 Å². The van der Waals surface area contributed by atoms with Crippen molar-refractivity contribution < 1.29 is 4.42 Å². The molecule has 0 saturated carbocycles. The van der Waals surface area contributed by atoms with Crippen molar-refractivity contribution in [1.29, 1.82) is 0 Å². The first-order valence-corrected chi connectivity index (χ1v) is 30.7. The molecule has 19 rings (SSSR count). The summed E-state index contributed by atoms with van der Waals surface area (Å²) in [5.74, 6) is 2.51. The number of fused-ring (bicyclic) bond motifs is 15. The molecule has 0 unspecified atom stereocenters. The van der Waals surface area contributed by atoms with Gasteiger partial charge in [-0.3, -0.25) is 9.13 Å². The number of nitrogens with zero attached hydrogens (tertiary/aromatic N) is 7. The maximum absolute atomic E-state index is 6.43. The molecule has 0 N–H and O–H groups in total. The van der Waals surface area contributed by atoms with E-state index < -0.39 is 0 Å². The fraction of sp³-hybridized carbons (Fsp3) is 0. The number of aromatic nitrogens is 7. The molecular weight excluding hydrogens is 1110 g/mol. The van der Waals surface area contributed by atoms with E-state index in [1.54, 1.807) is 0 Å². The molecule has 0 radical (unpaired) electrons. The Hall–Kier alpha value is -11.8. The number of thiophene rings is 1. The van der Waals surface area contributed by atoms with Crippen molar-refractivity contribution in [3.05, 3.63) is 285 Å². The van der Waals surface area contributed by atoms with E-state index in [0.717, 1.165) is 111 Å². The van der Waals surface area contributed by atoms with Crippen molar-refractivity contribution in [3.8, 4) is 73.7 Å². The average Bonchev–Trinajstić information content (AvgIpc) is 1.91. The highest BCUT2D eigenvalue weighted by Gasteiger charge is 2.23. The fourth-order valence-electron chi connectivity index (χ4n) is 13.8. The van der Waals surface area contributed by atoms with Crippen molar-refractivity contribution in [3.63, 3.8) is 0 Å². The van der Waals surface area contributed by atoms with E-state index in [4.69, 9.17) is 24.4 Å². The van der Waals surface area contributed by atoms with E-state index in [2.05, 4.69) is 268 Å². The molecule has 0 spiro atoms. The summed E-state index contributed by atoms with van der Waals surface area (Å²) in [5, 5.41) is 11.4. The van der Waals surface area contributed by atoms with Gasteiger partial charge in [-0.25, -0.2) is 9.97 Å². The minimum atomic E-state index is 0.526. The van der Waals surface area contributed by atoms with Gasteiger partial charge in [0.2, 0.25) is 5.95 Å². The number of hydrogen-bond acceptors (Lipinski definition) is 6. The quantitative estimate of drug-likeness (QED) is 0.151. The van der Waals surface area contributed by atoms with Crippen LogP contribution < -0.4 is 0 Å². The van der Waals surface area contributed by atoms with Crippen LogP contribution in [0.2, 0.25) is 0 Å². The first-order valence-electron chi connectivity index (χ1n) is 29.9. The molecule has 7 aromatic heterocycles. The van der Waals surface area contributed by atoms with Crippen LogP contribution >= 0.6 is 11.3 Å². The van der Waals surface area contributed by atoms with Crippen molar-refractivity contribution in [2.45, 2.75) is 0 Å². The number of para-hydroxylation sites is 4. The lowest BCUT2D eigenvalue weighted by atomic mass is 10.00. The fourth-order valence-corrected chi connectivity index (χ4v) is 14.8. The zero-order valence-electron chi connectivity index (χ0n) is 47.6. The average molecular weight is 1150 g/mol. The molecule has 0 amide bonds. The summed E-state index contributed by atoms with van der Waals surface area (Å²) in [6.45, 7) is 0. The van der Waals surface area contributed by atoms with Crippen molar-refractivity contribution in [2.75, 3.05) is 0 Å². The normalized spacial score (nSPS) is 12.0. The van der Waals surface area contributed by atoms with Crippen LogP contribution in [0.5, 0.6) is 0 Å². The summed E-state index contributed by atoms with van der Waals surface area (Å²) in [7, 11) is 0. The summed E-state index contributed by atoms with van der Waals surface area (Å²) in [5.41, 5.74) is 17.7. The molecule has 12 aromatic carbocycles. The Labute approximate surface area is 512 Å². The molecule has 0 atom stereocenters. The molecule has 7 heterocycles. The summed E-state index contributed by atoms with van der Waals surface area (Å²) < 4.78 is 15.8. The van der Waals surface area contributed by atoms with Crippen LogP contribution in [0, 0.1) is 0 Å². The Morgan fingerprint density at radius 2 is 0.719 bits per heavy atom. The highest BCUT2D eigenvalue weighted by atomic mass is 32.1. The Bertz CT molecular complexity index is 6110. The standard InChI is InChI=1S/C80H47N7OS/c1-4-17-48(18-5-1)50-32-37-73-62(42-50)63-45-54(33-38-74(63)88-73)79-82-78(49-19-6-2-7-20-49)83-80(84-79)87-69-29-15-12-25-58(69)61-46-71-60(47-72(61)87)57-24-11-14-28-68(57)86(71)77-30-16-26-66(81-77)53-35-40-76-65(44-53)64-43-52(34-39-75(64)89-76)51-31-36-70-59(41-51)56-23-10-13-27-67(56)85(70)55-21-8-3-9-22-55/h1-47H. The van der Waals surface area contributed by atoms with Crippen LogP contribution in [0.4, 0.5) is 0 Å². The van der Waals surface area contributed by atoms with Gasteiger partial charge < -0.3 is 8.98 Å². The van der Waals surface area contributed by atoms with Gasteiger partial charge in [0.1, 0.15) is 17.0 Å². The van der Waals surface area contributed by atoms with Crippen LogP contribution in [0.25, 0.3) is 181 Å². The molecule has 9 heteroatoms. The maximum Gasteiger partial charge on any atom is 0.238 e. The zero-order chi connectivity index (χ0) is 58.3. The lowest BCUT2D eigenvalue weighted by Crippen LogP contribution is -2.06. The van der Waals surface area contributed by atoms with E-state index in [1.807, 2.05) is 41.7 Å². The minimum absolute atomic E-state index is 0.526. The smallest absolute Gasteiger partial charge is 0.238 e. The Morgan fingerprint density at radius 1 is 0.258 bits per heavy atom. The second-order valence-electron chi connectivity index (χ2n) is 23.0. The predicted octanol–water partition coefficient (Wildman–Crippen LogP) is 21.2. The molecule has 8 nitrogen and oxygen atoms in total. The monoisotopic (exact) mass is 1150 g/mol. The van der Waals surface area contributed by atoms with Crippen LogP contribution in [-0.4, -0.2) is 33.6 Å². The first kappa shape index (κ1) is 49.5. The van der Waals surface area contributed by atoms with E-state index in [-0.39, 0.29) is 0 Å². The number of rotatable bonds is 8. The molecule has 0 aliphatic rings. The summed E-state index contributed by atoms with van der Waals surface area (Å²) in [6.07, 6.45) is 0. The molecule has 19 aromatic rings. The highest BCUT2D eigenvalue weighted by molar-refractivity contribution is 7.25. The second-order valence-corrected chi connectivity index (χ2v) is 24.0. The second kappa shape index (κ2) is 19.4. The number of hydrogen-bond donors (Lipinski definition) is 0. The summed E-state index contributed by atoms with van der Waals surface area (Å²) in [6, 6.07) is 102. The molecule has 414 valence electrons. The van der Waals surface area contributed by atoms with E-state index in [9.17, 15) is 0 Å². The maximum atomic E-state index is 6.43. The van der Waals surface area contributed by atoms with Crippen LogP contribution in [-0.2, 0) is 0 Å². The van der Waals surface area contributed by atoms with E-state index in [0.29, 0.717) is 17.6 Å². The number of pyridine rings is 1. The highest BCUT2D eigenvalue weighted by Crippen LogP contribution is 2.44. The van der Waals surface area contributed by atoms with Crippen molar-refractivity contribution in [2.24, 2.45) is 0 Å².